The van der Waals surface area contributed by atoms with Crippen LogP contribution < -0.4 is 4.83 Å². The third-order valence-electron chi connectivity index (χ3n) is 3.43. The van der Waals surface area contributed by atoms with Gasteiger partial charge in [0.1, 0.15) is 10.0 Å². The molecule has 106 valence electrons. The molecule has 1 aromatic heterocycles. The number of nitrogens with zero attached hydrogens (tertiary/aromatic N) is 2. The Morgan fingerprint density at radius 3 is 2.58 bits per heavy atom. The SMILES string of the molecule is CC1CCCC(C)N1NS(=O)(=O)c1cccnc1Cl. The summed E-state index contributed by atoms with van der Waals surface area (Å²) in [6.45, 7) is 4.03. The molecule has 0 amide bonds. The summed E-state index contributed by atoms with van der Waals surface area (Å²) >= 11 is 5.85. The van der Waals surface area contributed by atoms with Gasteiger partial charge < -0.3 is 0 Å². The van der Waals surface area contributed by atoms with Gasteiger partial charge in [0.25, 0.3) is 10.0 Å². The molecule has 1 saturated heterocycles. The number of aromatic nitrogens is 1. The molecule has 1 aliphatic rings. The molecule has 1 N–H and O–H groups in total. The molecule has 1 aliphatic heterocycles. The summed E-state index contributed by atoms with van der Waals surface area (Å²) < 4.78 is 24.7. The summed E-state index contributed by atoms with van der Waals surface area (Å²) in [5.74, 6) is 0. The van der Waals surface area contributed by atoms with E-state index in [1.807, 2.05) is 13.8 Å². The van der Waals surface area contributed by atoms with Crippen LogP contribution in [0.4, 0.5) is 0 Å². The lowest BCUT2D eigenvalue weighted by atomic mass is 10.0. The number of nitrogens with one attached hydrogen (secondary N) is 1. The van der Waals surface area contributed by atoms with Crippen molar-refractivity contribution in [2.75, 3.05) is 0 Å². The predicted octanol–water partition coefficient (Wildman–Crippen LogP) is 2.19. The lowest BCUT2D eigenvalue weighted by Gasteiger charge is -2.38. The number of sulfonamides is 1. The minimum absolute atomic E-state index is 0.00712. The van der Waals surface area contributed by atoms with Crippen molar-refractivity contribution in [3.05, 3.63) is 23.5 Å². The highest BCUT2D eigenvalue weighted by molar-refractivity contribution is 7.89. The molecular weight excluding hydrogens is 286 g/mol. The monoisotopic (exact) mass is 303 g/mol. The van der Waals surface area contributed by atoms with E-state index in [2.05, 4.69) is 9.82 Å². The second-order valence-corrected chi connectivity index (χ2v) is 6.91. The first-order valence-electron chi connectivity index (χ1n) is 6.33. The fourth-order valence-corrected chi connectivity index (χ4v) is 4.05. The van der Waals surface area contributed by atoms with Gasteiger partial charge in [0.2, 0.25) is 0 Å². The largest absolute Gasteiger partial charge is 0.256 e. The fourth-order valence-electron chi connectivity index (χ4n) is 2.36. The van der Waals surface area contributed by atoms with Gasteiger partial charge in [-0.15, -0.1) is 4.83 Å². The van der Waals surface area contributed by atoms with Gasteiger partial charge in [0, 0.05) is 18.3 Å². The number of hydrogen-bond acceptors (Lipinski definition) is 4. The third-order valence-corrected chi connectivity index (χ3v) is 5.21. The Hall–Kier alpha value is -0.690. The van der Waals surface area contributed by atoms with Crippen LogP contribution in [0, 0.1) is 0 Å². The summed E-state index contributed by atoms with van der Waals surface area (Å²) in [7, 11) is -3.67. The van der Waals surface area contributed by atoms with E-state index in [0.29, 0.717) is 0 Å². The van der Waals surface area contributed by atoms with Crippen molar-refractivity contribution in [2.45, 2.75) is 50.1 Å². The van der Waals surface area contributed by atoms with E-state index < -0.39 is 10.0 Å². The molecule has 1 aromatic rings. The van der Waals surface area contributed by atoms with Crippen LogP contribution in [0.5, 0.6) is 0 Å². The highest BCUT2D eigenvalue weighted by atomic mass is 35.5. The molecule has 0 aliphatic carbocycles. The molecule has 1 fully saturated rings. The van der Waals surface area contributed by atoms with Crippen molar-refractivity contribution < 1.29 is 8.42 Å². The Bertz CT molecular complexity index is 540. The Labute approximate surface area is 119 Å². The standard InChI is InChI=1S/C12H18ClN3O2S/c1-9-5-3-6-10(2)16(9)15-19(17,18)11-7-4-8-14-12(11)13/h4,7-10,15H,3,5-6H2,1-2H3. The Kier molecular flexibility index (Phi) is 4.45. The quantitative estimate of drug-likeness (QED) is 0.870. The van der Waals surface area contributed by atoms with Crippen molar-refractivity contribution >= 4 is 21.6 Å². The molecule has 0 radical (unpaired) electrons. The van der Waals surface area contributed by atoms with E-state index in [-0.39, 0.29) is 22.1 Å². The maximum Gasteiger partial charge on any atom is 0.256 e. The molecule has 19 heavy (non-hydrogen) atoms. The first-order chi connectivity index (χ1) is 8.92. The van der Waals surface area contributed by atoms with Crippen LogP contribution in [0.25, 0.3) is 0 Å². The summed E-state index contributed by atoms with van der Waals surface area (Å²) in [6.07, 6.45) is 4.54. The van der Waals surface area contributed by atoms with Crippen molar-refractivity contribution in [2.24, 2.45) is 0 Å². The zero-order chi connectivity index (χ0) is 14.0. The average molecular weight is 304 g/mol. The van der Waals surface area contributed by atoms with Crippen LogP contribution in [-0.4, -0.2) is 30.5 Å². The van der Waals surface area contributed by atoms with E-state index in [9.17, 15) is 8.42 Å². The maximum atomic E-state index is 12.3. The minimum atomic E-state index is -3.67. The van der Waals surface area contributed by atoms with Crippen molar-refractivity contribution in [1.29, 1.82) is 0 Å². The van der Waals surface area contributed by atoms with E-state index in [4.69, 9.17) is 11.6 Å². The summed E-state index contributed by atoms with van der Waals surface area (Å²) in [4.78, 5) is 6.45. The molecule has 0 aromatic carbocycles. The average Bonchev–Trinajstić information content (AvgIpc) is 2.34. The number of hydrogen-bond donors (Lipinski definition) is 1. The van der Waals surface area contributed by atoms with Crippen molar-refractivity contribution in [1.82, 2.24) is 14.8 Å². The lowest BCUT2D eigenvalue weighted by molar-refractivity contribution is 0.0790. The van der Waals surface area contributed by atoms with Gasteiger partial charge in [-0.25, -0.2) is 18.4 Å². The number of halogens is 1. The van der Waals surface area contributed by atoms with Gasteiger partial charge in [0.05, 0.1) is 0 Å². The van der Waals surface area contributed by atoms with Gasteiger partial charge in [-0.05, 0) is 38.8 Å². The third kappa shape index (κ3) is 3.25. The number of hydrazine groups is 1. The number of piperidine rings is 1. The van der Waals surface area contributed by atoms with Gasteiger partial charge >= 0.3 is 0 Å². The summed E-state index contributed by atoms with van der Waals surface area (Å²) in [5, 5.41) is 1.79. The lowest BCUT2D eigenvalue weighted by Crippen LogP contribution is -2.53. The van der Waals surface area contributed by atoms with Crippen LogP contribution in [-0.2, 0) is 10.0 Å². The predicted molar refractivity (Wildman–Crippen MR) is 74.2 cm³/mol. The van der Waals surface area contributed by atoms with Crippen LogP contribution >= 0.6 is 11.6 Å². The molecule has 2 heterocycles. The summed E-state index contributed by atoms with van der Waals surface area (Å²) in [5.41, 5.74) is 0. The smallest absolute Gasteiger partial charge is 0.243 e. The second-order valence-electron chi connectivity index (χ2n) is 4.92. The topological polar surface area (TPSA) is 62.3 Å². The zero-order valence-electron chi connectivity index (χ0n) is 11.0. The first kappa shape index (κ1) is 14.7. The van der Waals surface area contributed by atoms with Gasteiger partial charge in [-0.2, -0.15) is 0 Å². The normalized spacial score (nSPS) is 25.4. The van der Waals surface area contributed by atoms with E-state index >= 15 is 0 Å². The number of rotatable bonds is 3. The van der Waals surface area contributed by atoms with Crippen LogP contribution in [0.3, 0.4) is 0 Å². The highest BCUT2D eigenvalue weighted by Crippen LogP contribution is 2.23. The molecule has 0 spiro atoms. The molecule has 5 nitrogen and oxygen atoms in total. The Balaban J connectivity index is 2.24. The molecule has 2 atom stereocenters. The minimum Gasteiger partial charge on any atom is -0.243 e. The van der Waals surface area contributed by atoms with Crippen molar-refractivity contribution in [3.63, 3.8) is 0 Å². The fraction of sp³-hybridized carbons (Fsp3) is 0.583. The van der Waals surface area contributed by atoms with Gasteiger partial charge in [-0.3, -0.25) is 0 Å². The first-order valence-corrected chi connectivity index (χ1v) is 8.19. The molecule has 2 rings (SSSR count). The zero-order valence-corrected chi connectivity index (χ0v) is 12.6. The molecule has 2 unspecified atom stereocenters. The maximum absolute atomic E-state index is 12.3. The van der Waals surface area contributed by atoms with Crippen molar-refractivity contribution in [3.8, 4) is 0 Å². The Morgan fingerprint density at radius 1 is 1.37 bits per heavy atom. The van der Waals surface area contributed by atoms with E-state index in [0.717, 1.165) is 19.3 Å². The van der Waals surface area contributed by atoms with E-state index in [1.54, 1.807) is 11.1 Å². The van der Waals surface area contributed by atoms with Crippen LogP contribution in [0.2, 0.25) is 5.15 Å². The van der Waals surface area contributed by atoms with E-state index in [1.165, 1.54) is 12.3 Å². The molecule has 0 saturated carbocycles. The number of pyridine rings is 1. The molecular formula is C12H18ClN3O2S. The summed E-state index contributed by atoms with van der Waals surface area (Å²) in [6, 6.07) is 3.36. The van der Waals surface area contributed by atoms with Crippen LogP contribution in [0.1, 0.15) is 33.1 Å². The van der Waals surface area contributed by atoms with Crippen LogP contribution in [0.15, 0.2) is 23.2 Å². The van der Waals surface area contributed by atoms with Gasteiger partial charge in [0.15, 0.2) is 0 Å². The van der Waals surface area contributed by atoms with Gasteiger partial charge in [-0.1, -0.05) is 18.0 Å². The highest BCUT2D eigenvalue weighted by Gasteiger charge is 2.30. The Morgan fingerprint density at radius 2 is 2.00 bits per heavy atom. The molecule has 7 heteroatoms. The second kappa shape index (κ2) is 5.75. The molecule has 0 bridgehead atoms.